The fraction of sp³-hybridized carbons (Fsp3) is 0.167. The molecule has 26 heavy (non-hydrogen) atoms. The summed E-state index contributed by atoms with van der Waals surface area (Å²) in [6.45, 7) is -0.317. The van der Waals surface area contributed by atoms with E-state index in [1.165, 1.54) is 10.8 Å². The van der Waals surface area contributed by atoms with Crippen molar-refractivity contribution in [3.05, 3.63) is 23.8 Å². The van der Waals surface area contributed by atoms with E-state index in [1.807, 2.05) is 5.32 Å². The van der Waals surface area contributed by atoms with Crippen molar-refractivity contribution in [1.29, 1.82) is 0 Å². The van der Waals surface area contributed by atoms with Crippen LogP contribution in [0.4, 0.5) is 9.59 Å². The molecule has 1 fully saturated rings. The van der Waals surface area contributed by atoms with E-state index in [1.54, 1.807) is 4.83 Å². The highest BCUT2D eigenvalue weighted by atomic mass is 32.2. The lowest BCUT2D eigenvalue weighted by Gasteiger charge is -2.35. The number of rotatable bonds is 5. The van der Waals surface area contributed by atoms with Crippen LogP contribution < -0.4 is 14.9 Å². The summed E-state index contributed by atoms with van der Waals surface area (Å²) in [5.74, 6) is -1.71. The van der Waals surface area contributed by atoms with Crippen molar-refractivity contribution in [1.82, 2.24) is 19.8 Å². The van der Waals surface area contributed by atoms with Crippen LogP contribution in [0.1, 0.15) is 5.56 Å². The summed E-state index contributed by atoms with van der Waals surface area (Å²) < 4.78 is 24.9. The number of carbonyl (C=O) groups excluding carboxylic acids is 2. The molecule has 1 heterocycles. The maximum atomic E-state index is 11.7. The first-order valence-electron chi connectivity index (χ1n) is 6.78. The van der Waals surface area contributed by atoms with E-state index in [2.05, 4.69) is 5.10 Å². The zero-order valence-corrected chi connectivity index (χ0v) is 13.6. The Morgan fingerprint density at radius 2 is 1.96 bits per heavy atom. The minimum absolute atomic E-state index is 0.245. The van der Waals surface area contributed by atoms with Crippen molar-refractivity contribution in [3.8, 4) is 11.5 Å². The SMILES string of the molecule is O=C(O)NC1CN(C(=O)NS(=O)(=O)NN=Cc2ccc(O)c(O)c2)C1=O. The number of β-lactam (4-membered cyclic amide) rings is 1. The number of benzene rings is 1. The van der Waals surface area contributed by atoms with Crippen molar-refractivity contribution in [3.63, 3.8) is 0 Å². The minimum atomic E-state index is -4.44. The molecule has 0 aromatic heterocycles. The number of hydrazone groups is 1. The van der Waals surface area contributed by atoms with Crippen molar-refractivity contribution in [2.24, 2.45) is 5.10 Å². The number of nitrogens with zero attached hydrogens (tertiary/aromatic N) is 2. The van der Waals surface area contributed by atoms with Gasteiger partial charge in [0.2, 0.25) is 0 Å². The molecule has 0 aliphatic carbocycles. The molecular formula is C12H13N5O8S. The number of hydrogen-bond acceptors (Lipinski definition) is 8. The molecule has 14 heteroatoms. The van der Waals surface area contributed by atoms with Gasteiger partial charge in [0.15, 0.2) is 11.5 Å². The van der Waals surface area contributed by atoms with Crippen molar-refractivity contribution in [2.45, 2.75) is 6.04 Å². The summed E-state index contributed by atoms with van der Waals surface area (Å²) in [5, 5.41) is 32.1. The lowest BCUT2D eigenvalue weighted by atomic mass is 10.1. The van der Waals surface area contributed by atoms with Gasteiger partial charge in [-0.05, 0) is 23.8 Å². The van der Waals surface area contributed by atoms with Gasteiger partial charge >= 0.3 is 22.3 Å². The van der Waals surface area contributed by atoms with Gasteiger partial charge in [-0.1, -0.05) is 0 Å². The molecule has 6 N–H and O–H groups in total. The predicted octanol–water partition coefficient (Wildman–Crippen LogP) is -1.55. The van der Waals surface area contributed by atoms with Crippen molar-refractivity contribution in [2.75, 3.05) is 6.54 Å². The van der Waals surface area contributed by atoms with Crippen LogP contribution in [0.3, 0.4) is 0 Å². The molecule has 1 atom stereocenters. The molecule has 4 amide bonds. The molecule has 140 valence electrons. The Morgan fingerprint density at radius 3 is 2.54 bits per heavy atom. The Hall–Kier alpha value is -3.55. The normalized spacial score (nSPS) is 16.8. The van der Waals surface area contributed by atoms with E-state index in [0.29, 0.717) is 4.90 Å². The van der Waals surface area contributed by atoms with Crippen LogP contribution >= 0.6 is 0 Å². The number of amides is 4. The summed E-state index contributed by atoms with van der Waals surface area (Å²) in [5.41, 5.74) is 0.245. The highest BCUT2D eigenvalue weighted by Gasteiger charge is 2.42. The maximum Gasteiger partial charge on any atom is 0.405 e. The molecule has 0 spiro atoms. The van der Waals surface area contributed by atoms with E-state index < -0.39 is 40.0 Å². The number of carbonyl (C=O) groups is 3. The fourth-order valence-electron chi connectivity index (χ4n) is 1.85. The van der Waals surface area contributed by atoms with Gasteiger partial charge in [0.05, 0.1) is 12.8 Å². The molecule has 1 aromatic carbocycles. The van der Waals surface area contributed by atoms with Gasteiger partial charge in [-0.2, -0.15) is 18.4 Å². The summed E-state index contributed by atoms with van der Waals surface area (Å²) in [7, 11) is -4.44. The highest BCUT2D eigenvalue weighted by molar-refractivity contribution is 7.88. The zero-order valence-electron chi connectivity index (χ0n) is 12.8. The number of carboxylic acid groups (broad SMARTS) is 1. The van der Waals surface area contributed by atoms with E-state index in [0.717, 1.165) is 18.3 Å². The Bertz CT molecular complexity index is 884. The minimum Gasteiger partial charge on any atom is -0.504 e. The average Bonchev–Trinajstić information content (AvgIpc) is 2.53. The van der Waals surface area contributed by atoms with Gasteiger partial charge in [-0.25, -0.2) is 14.3 Å². The summed E-state index contributed by atoms with van der Waals surface area (Å²) in [6, 6.07) is 1.21. The quantitative estimate of drug-likeness (QED) is 0.151. The zero-order chi connectivity index (χ0) is 19.5. The Labute approximate surface area is 146 Å². The topological polar surface area (TPSA) is 198 Å². The number of hydrogen-bond donors (Lipinski definition) is 6. The van der Waals surface area contributed by atoms with Crippen LogP contribution in [0, 0.1) is 0 Å². The van der Waals surface area contributed by atoms with Crippen LogP contribution in [0.2, 0.25) is 0 Å². The molecule has 0 bridgehead atoms. The van der Waals surface area contributed by atoms with Gasteiger partial charge in [0.1, 0.15) is 6.04 Å². The molecule has 2 rings (SSSR count). The predicted molar refractivity (Wildman–Crippen MR) is 84.6 cm³/mol. The van der Waals surface area contributed by atoms with Crippen LogP contribution in [-0.2, 0) is 15.0 Å². The van der Waals surface area contributed by atoms with E-state index >= 15 is 0 Å². The lowest BCUT2D eigenvalue weighted by Crippen LogP contribution is -2.67. The largest absolute Gasteiger partial charge is 0.504 e. The summed E-state index contributed by atoms with van der Waals surface area (Å²) in [4.78, 5) is 35.8. The monoisotopic (exact) mass is 387 g/mol. The molecule has 13 nitrogen and oxygen atoms in total. The number of phenolic OH excluding ortho intramolecular Hbond substituents is 2. The standard InChI is InChI=1S/C12H13N5O8S/c18-8-2-1-6(3-9(8)19)4-13-16-26(24,25)15-11(21)17-5-7(10(17)20)14-12(22)23/h1-4,7,14,16,18-19H,5H2,(H,15,21)(H,22,23). The van der Waals surface area contributed by atoms with Crippen molar-refractivity contribution >= 4 is 34.5 Å². The van der Waals surface area contributed by atoms with E-state index in [9.17, 15) is 27.9 Å². The number of likely N-dealkylation sites (tertiary alicyclic amines) is 1. The third-order valence-corrected chi connectivity index (χ3v) is 3.87. The second-order valence-electron chi connectivity index (χ2n) is 4.96. The second kappa shape index (κ2) is 7.14. The smallest absolute Gasteiger partial charge is 0.405 e. The molecule has 1 aliphatic rings. The second-order valence-corrected chi connectivity index (χ2v) is 6.35. The molecule has 1 aliphatic heterocycles. The Balaban J connectivity index is 1.89. The Kier molecular flexibility index (Phi) is 5.16. The number of urea groups is 1. The third-order valence-electron chi connectivity index (χ3n) is 3.08. The maximum absolute atomic E-state index is 11.7. The van der Waals surface area contributed by atoms with Gasteiger partial charge in [0, 0.05) is 0 Å². The van der Waals surface area contributed by atoms with E-state index in [4.69, 9.17) is 10.2 Å². The van der Waals surface area contributed by atoms with Gasteiger partial charge in [0.25, 0.3) is 5.91 Å². The highest BCUT2D eigenvalue weighted by Crippen LogP contribution is 2.23. The van der Waals surface area contributed by atoms with Crippen LogP contribution in [0.5, 0.6) is 11.5 Å². The average molecular weight is 387 g/mol. The number of imide groups is 1. The first-order chi connectivity index (χ1) is 12.1. The first kappa shape index (κ1) is 18.8. The fourth-order valence-corrected chi connectivity index (χ4v) is 2.43. The van der Waals surface area contributed by atoms with Crippen molar-refractivity contribution < 1.29 is 38.1 Å². The number of nitrogens with one attached hydrogen (secondary N) is 3. The lowest BCUT2D eigenvalue weighted by molar-refractivity contribution is -0.138. The molecule has 0 saturated carbocycles. The number of aromatic hydroxyl groups is 2. The molecule has 1 unspecified atom stereocenters. The summed E-state index contributed by atoms with van der Waals surface area (Å²) >= 11 is 0. The molecular weight excluding hydrogens is 374 g/mol. The van der Waals surface area contributed by atoms with Gasteiger partial charge in [-0.15, -0.1) is 0 Å². The van der Waals surface area contributed by atoms with Crippen LogP contribution in [0.25, 0.3) is 0 Å². The van der Waals surface area contributed by atoms with E-state index in [-0.39, 0.29) is 17.9 Å². The van der Waals surface area contributed by atoms with Gasteiger partial charge in [-0.3, -0.25) is 9.69 Å². The van der Waals surface area contributed by atoms with Gasteiger partial charge < -0.3 is 20.6 Å². The molecule has 1 aromatic rings. The Morgan fingerprint density at radius 1 is 1.27 bits per heavy atom. The molecule has 1 saturated heterocycles. The first-order valence-corrected chi connectivity index (χ1v) is 8.27. The van der Waals surface area contributed by atoms with Crippen LogP contribution in [0.15, 0.2) is 23.3 Å². The summed E-state index contributed by atoms with van der Waals surface area (Å²) in [6.07, 6.45) is -0.461. The number of phenols is 2. The third kappa shape index (κ3) is 4.50. The van der Waals surface area contributed by atoms with Crippen LogP contribution in [-0.4, -0.2) is 65.5 Å². The molecule has 0 radical (unpaired) electrons.